The van der Waals surface area contributed by atoms with Crippen molar-refractivity contribution in [3.05, 3.63) is 95.8 Å². The third-order valence-electron chi connectivity index (χ3n) is 5.46. The Morgan fingerprint density at radius 2 is 1.62 bits per heavy atom. The smallest absolute Gasteiger partial charge is 0.182 e. The number of sulfone groups is 1. The average molecular weight is 411 g/mol. The van der Waals surface area contributed by atoms with Gasteiger partial charge in [0.05, 0.1) is 21.9 Å². The SMILES string of the molecule is CC(c1ccccc1)N1CC(S(=O)(=O)c2ccc(F)cc2)Cc2ccccc2N1. The molecule has 3 aromatic carbocycles. The van der Waals surface area contributed by atoms with Crippen molar-refractivity contribution >= 4 is 15.5 Å². The van der Waals surface area contributed by atoms with E-state index in [1.54, 1.807) is 0 Å². The first-order chi connectivity index (χ1) is 13.9. The number of benzene rings is 3. The van der Waals surface area contributed by atoms with E-state index in [1.165, 1.54) is 24.3 Å². The molecule has 1 aliphatic heterocycles. The number of para-hydroxylation sites is 1. The average Bonchev–Trinajstić information content (AvgIpc) is 2.94. The van der Waals surface area contributed by atoms with Crippen molar-refractivity contribution in [2.24, 2.45) is 0 Å². The molecule has 0 fully saturated rings. The van der Waals surface area contributed by atoms with Crippen LogP contribution >= 0.6 is 0 Å². The van der Waals surface area contributed by atoms with Crippen LogP contribution in [0.25, 0.3) is 0 Å². The van der Waals surface area contributed by atoms with Gasteiger partial charge in [-0.25, -0.2) is 17.8 Å². The zero-order valence-electron chi connectivity index (χ0n) is 16.1. The first-order valence-corrected chi connectivity index (χ1v) is 11.2. The van der Waals surface area contributed by atoms with Gasteiger partial charge in [0.2, 0.25) is 0 Å². The van der Waals surface area contributed by atoms with E-state index < -0.39 is 20.9 Å². The van der Waals surface area contributed by atoms with Crippen LogP contribution < -0.4 is 5.43 Å². The molecule has 0 bridgehead atoms. The number of hydrazine groups is 1. The molecule has 4 nitrogen and oxygen atoms in total. The highest BCUT2D eigenvalue weighted by molar-refractivity contribution is 7.92. The molecule has 1 heterocycles. The highest BCUT2D eigenvalue weighted by atomic mass is 32.2. The van der Waals surface area contributed by atoms with Crippen LogP contribution in [0, 0.1) is 5.82 Å². The van der Waals surface area contributed by atoms with Crippen LogP contribution in [0.2, 0.25) is 0 Å². The standard InChI is InChI=1S/C23H23FN2O2S/c1-17(18-7-3-2-4-8-18)26-16-22(15-19-9-5-6-10-23(19)25-26)29(27,28)21-13-11-20(24)12-14-21/h2-14,17,22,25H,15-16H2,1H3. The summed E-state index contributed by atoms with van der Waals surface area (Å²) in [5.41, 5.74) is 6.38. The summed E-state index contributed by atoms with van der Waals surface area (Å²) >= 11 is 0. The Kier molecular flexibility index (Phi) is 5.39. The van der Waals surface area contributed by atoms with Crippen molar-refractivity contribution in [3.63, 3.8) is 0 Å². The van der Waals surface area contributed by atoms with Crippen molar-refractivity contribution in [1.82, 2.24) is 5.01 Å². The third-order valence-corrected chi connectivity index (χ3v) is 7.58. The molecule has 0 saturated carbocycles. The van der Waals surface area contributed by atoms with Crippen LogP contribution in [0.4, 0.5) is 10.1 Å². The lowest BCUT2D eigenvalue weighted by atomic mass is 10.1. The lowest BCUT2D eigenvalue weighted by Gasteiger charge is -2.31. The van der Waals surface area contributed by atoms with Gasteiger partial charge in [0.1, 0.15) is 5.82 Å². The number of halogens is 1. The van der Waals surface area contributed by atoms with E-state index >= 15 is 0 Å². The summed E-state index contributed by atoms with van der Waals surface area (Å²) in [4.78, 5) is 0.149. The first-order valence-electron chi connectivity index (χ1n) is 9.61. The lowest BCUT2D eigenvalue weighted by Crippen LogP contribution is -2.40. The van der Waals surface area contributed by atoms with Gasteiger partial charge < -0.3 is 5.43 Å². The quantitative estimate of drug-likeness (QED) is 0.638. The molecule has 150 valence electrons. The van der Waals surface area contributed by atoms with E-state index in [9.17, 15) is 12.8 Å². The zero-order chi connectivity index (χ0) is 20.4. The molecule has 1 N–H and O–H groups in total. The Morgan fingerprint density at radius 1 is 0.966 bits per heavy atom. The minimum Gasteiger partial charge on any atom is -0.318 e. The summed E-state index contributed by atoms with van der Waals surface area (Å²) in [6.07, 6.45) is 0.390. The number of hydrogen-bond acceptors (Lipinski definition) is 4. The van der Waals surface area contributed by atoms with E-state index in [4.69, 9.17) is 0 Å². The van der Waals surface area contributed by atoms with Gasteiger partial charge in [-0.05, 0) is 54.8 Å². The molecule has 3 aromatic rings. The number of anilines is 1. The second-order valence-electron chi connectivity index (χ2n) is 7.33. The van der Waals surface area contributed by atoms with E-state index in [1.807, 2.05) is 59.6 Å². The van der Waals surface area contributed by atoms with Crippen LogP contribution in [-0.4, -0.2) is 25.2 Å². The summed E-state index contributed by atoms with van der Waals surface area (Å²) in [6.45, 7) is 2.36. The van der Waals surface area contributed by atoms with Crippen LogP contribution in [0.15, 0.2) is 83.8 Å². The minimum absolute atomic E-state index is 0.0340. The number of rotatable bonds is 4. The molecule has 0 saturated heterocycles. The topological polar surface area (TPSA) is 49.4 Å². The maximum Gasteiger partial charge on any atom is 0.182 e. The van der Waals surface area contributed by atoms with E-state index in [2.05, 4.69) is 12.3 Å². The van der Waals surface area contributed by atoms with E-state index in [0.29, 0.717) is 13.0 Å². The molecule has 0 radical (unpaired) electrons. The summed E-state index contributed by atoms with van der Waals surface area (Å²) in [5.74, 6) is -0.448. The maximum atomic E-state index is 13.4. The minimum atomic E-state index is -3.64. The van der Waals surface area contributed by atoms with Crippen LogP contribution in [0.3, 0.4) is 0 Å². The highest BCUT2D eigenvalue weighted by Crippen LogP contribution is 2.31. The van der Waals surface area contributed by atoms with E-state index in [-0.39, 0.29) is 10.9 Å². The number of fused-ring (bicyclic) bond motifs is 1. The Bertz CT molecular complexity index is 1090. The molecular formula is C23H23FN2O2S. The van der Waals surface area contributed by atoms with Crippen molar-refractivity contribution in [3.8, 4) is 0 Å². The Labute approximate surface area is 170 Å². The van der Waals surface area contributed by atoms with Crippen molar-refractivity contribution in [1.29, 1.82) is 0 Å². The fourth-order valence-electron chi connectivity index (χ4n) is 3.73. The molecule has 2 atom stereocenters. The van der Waals surface area contributed by atoms with Gasteiger partial charge >= 0.3 is 0 Å². The van der Waals surface area contributed by atoms with Gasteiger partial charge in [0.25, 0.3) is 0 Å². The lowest BCUT2D eigenvalue weighted by molar-refractivity contribution is 0.260. The van der Waals surface area contributed by atoms with E-state index in [0.717, 1.165) is 16.8 Å². The number of nitrogens with one attached hydrogen (secondary N) is 1. The fraction of sp³-hybridized carbons (Fsp3) is 0.217. The van der Waals surface area contributed by atoms with Crippen LogP contribution in [0.1, 0.15) is 24.1 Å². The predicted molar refractivity (Wildman–Crippen MR) is 113 cm³/mol. The second-order valence-corrected chi connectivity index (χ2v) is 9.56. The van der Waals surface area contributed by atoms with Gasteiger partial charge in [-0.2, -0.15) is 0 Å². The maximum absolute atomic E-state index is 13.4. The molecule has 1 aliphatic rings. The summed E-state index contributed by atoms with van der Waals surface area (Å²) in [5, 5.41) is 1.32. The Hall–Kier alpha value is -2.70. The molecule has 0 amide bonds. The third kappa shape index (κ3) is 4.04. The van der Waals surface area contributed by atoms with Crippen molar-refractivity contribution in [2.75, 3.05) is 12.0 Å². The molecule has 0 aromatic heterocycles. The van der Waals surface area contributed by atoms with Crippen LogP contribution in [0.5, 0.6) is 0 Å². The Balaban J connectivity index is 1.73. The largest absolute Gasteiger partial charge is 0.318 e. The first kappa shape index (κ1) is 19.6. The molecule has 6 heteroatoms. The molecular weight excluding hydrogens is 387 g/mol. The van der Waals surface area contributed by atoms with Crippen molar-refractivity contribution < 1.29 is 12.8 Å². The van der Waals surface area contributed by atoms with Gasteiger partial charge in [-0.15, -0.1) is 0 Å². The zero-order valence-corrected chi connectivity index (χ0v) is 16.9. The molecule has 29 heavy (non-hydrogen) atoms. The number of hydrogen-bond donors (Lipinski definition) is 1. The Morgan fingerprint density at radius 3 is 2.34 bits per heavy atom. The fourth-order valence-corrected chi connectivity index (χ4v) is 5.38. The molecule has 0 spiro atoms. The molecule has 0 aliphatic carbocycles. The van der Waals surface area contributed by atoms with Gasteiger partial charge in [0, 0.05) is 6.54 Å². The highest BCUT2D eigenvalue weighted by Gasteiger charge is 2.34. The van der Waals surface area contributed by atoms with Crippen molar-refractivity contribution in [2.45, 2.75) is 29.5 Å². The second kappa shape index (κ2) is 7.97. The number of nitrogens with zero attached hydrogens (tertiary/aromatic N) is 1. The molecule has 4 rings (SSSR count). The normalized spacial score (nSPS) is 18.3. The summed E-state index contributed by atoms with van der Waals surface area (Å²) in [6, 6.07) is 22.8. The molecule has 2 unspecified atom stereocenters. The van der Waals surface area contributed by atoms with Gasteiger partial charge in [-0.3, -0.25) is 0 Å². The van der Waals surface area contributed by atoms with Crippen LogP contribution in [-0.2, 0) is 16.3 Å². The van der Waals surface area contributed by atoms with Gasteiger partial charge in [-0.1, -0.05) is 48.5 Å². The predicted octanol–water partition coefficient (Wildman–Crippen LogP) is 4.61. The monoisotopic (exact) mass is 410 g/mol. The summed E-state index contributed by atoms with van der Waals surface area (Å²) in [7, 11) is -3.64. The van der Waals surface area contributed by atoms with Gasteiger partial charge in [0.15, 0.2) is 9.84 Å². The summed E-state index contributed by atoms with van der Waals surface area (Å²) < 4.78 is 40.1.